The molecule has 3 aromatic rings. The molecule has 1 aromatic carbocycles. The summed E-state index contributed by atoms with van der Waals surface area (Å²) in [7, 11) is 0. The third-order valence-electron chi connectivity index (χ3n) is 9.99. The number of aryl methyl sites for hydroxylation is 1. The number of nitrogens with one attached hydrogen (secondary N) is 2. The van der Waals surface area contributed by atoms with E-state index >= 15 is 0 Å². The lowest BCUT2D eigenvalue weighted by Gasteiger charge is -2.50. The molecule has 3 aliphatic heterocycles. The van der Waals surface area contributed by atoms with Gasteiger partial charge in [0.05, 0.1) is 48.5 Å². The number of halogens is 1. The molecule has 0 radical (unpaired) electrons. The van der Waals surface area contributed by atoms with Crippen LogP contribution in [0.25, 0.3) is 10.9 Å². The maximum Gasteiger partial charge on any atom is 0.352 e. The minimum absolute atomic E-state index is 0.0112. The van der Waals surface area contributed by atoms with Crippen molar-refractivity contribution < 1.29 is 63.6 Å². The lowest BCUT2D eigenvalue weighted by molar-refractivity contribution is -0.911. The first-order chi connectivity index (χ1) is 28.0. The Balaban J connectivity index is 1.17. The van der Waals surface area contributed by atoms with Gasteiger partial charge in [0.15, 0.2) is 28.0 Å². The maximum atomic E-state index is 13.6. The second kappa shape index (κ2) is 17.1. The summed E-state index contributed by atoms with van der Waals surface area (Å²) < 4.78 is 1.66. The van der Waals surface area contributed by atoms with Crippen LogP contribution in [0.3, 0.4) is 0 Å². The molecule has 3 amide bonds. The average Bonchev–Trinajstić information content (AvgIpc) is 3.83. The van der Waals surface area contributed by atoms with E-state index in [1.807, 2.05) is 0 Å². The number of thiazole rings is 1. The summed E-state index contributed by atoms with van der Waals surface area (Å²) in [5.74, 6) is -8.25. The first-order valence-electron chi connectivity index (χ1n) is 17.9. The first kappa shape index (κ1) is 42.6. The molecule has 0 saturated carbocycles. The normalized spacial score (nSPS) is 19.2. The van der Waals surface area contributed by atoms with Crippen LogP contribution in [0, 0.1) is 0 Å². The molecule has 2 aromatic heterocycles. The number of carboxylic acid groups (broad SMARTS) is 3. The van der Waals surface area contributed by atoms with Gasteiger partial charge in [0.2, 0.25) is 11.5 Å². The zero-order valence-electron chi connectivity index (χ0n) is 30.9. The summed E-state index contributed by atoms with van der Waals surface area (Å²) in [6.07, 6.45) is -1.34. The summed E-state index contributed by atoms with van der Waals surface area (Å²) in [4.78, 5) is 99.1. The number of rotatable bonds is 16. The number of aromatic hydroxyl groups is 2. The second-order valence-corrected chi connectivity index (χ2v) is 16.1. The van der Waals surface area contributed by atoms with E-state index in [4.69, 9.17) is 27.3 Å². The molecule has 9 N–H and O–H groups in total. The van der Waals surface area contributed by atoms with Crippen molar-refractivity contribution in [3.63, 3.8) is 0 Å². The van der Waals surface area contributed by atoms with Crippen LogP contribution in [0.15, 0.2) is 32.7 Å². The van der Waals surface area contributed by atoms with E-state index in [0.29, 0.717) is 29.7 Å². The van der Waals surface area contributed by atoms with Gasteiger partial charge in [-0.25, -0.2) is 14.6 Å². The minimum Gasteiger partial charge on any atom is -0.504 e. The number of nitrogens with two attached hydrogens (primary N) is 1. The number of anilines is 1. The second-order valence-electron chi connectivity index (χ2n) is 13.7. The fourth-order valence-corrected chi connectivity index (χ4v) is 9.35. The molecule has 2 fully saturated rings. The summed E-state index contributed by atoms with van der Waals surface area (Å²) in [5, 5.41) is 61.7. The molecular weight excluding hydrogens is 842 g/mol. The molecule has 0 aliphatic carbocycles. The van der Waals surface area contributed by atoms with E-state index in [1.165, 1.54) is 21.8 Å². The van der Waals surface area contributed by atoms with Gasteiger partial charge >= 0.3 is 17.9 Å². The lowest BCUT2D eigenvalue weighted by Crippen LogP contribution is -2.71. The van der Waals surface area contributed by atoms with E-state index < -0.39 is 92.9 Å². The van der Waals surface area contributed by atoms with E-state index in [2.05, 4.69) is 25.9 Å². The monoisotopic (exact) mass is 878 g/mol. The highest BCUT2D eigenvalue weighted by molar-refractivity contribution is 8.00. The fourth-order valence-electron chi connectivity index (χ4n) is 7.18. The number of aromatic nitrogens is 3. The van der Waals surface area contributed by atoms with Crippen molar-refractivity contribution in [2.45, 2.75) is 50.3 Å². The van der Waals surface area contributed by atoms with E-state index in [-0.39, 0.29) is 52.8 Å². The number of nitrogens with zero attached hydrogens (tertiary/aromatic N) is 6. The number of carbonyl (C=O) groups is 6. The number of hydrogen-bond donors (Lipinski definition) is 8. The van der Waals surface area contributed by atoms with Crippen molar-refractivity contribution >= 4 is 92.1 Å². The molecular formula is C34H37ClN9O13S2+. The van der Waals surface area contributed by atoms with Crippen LogP contribution >= 0.6 is 34.7 Å². The number of hydrogen-bond acceptors (Lipinski definition) is 16. The number of phenols is 2. The molecule has 0 bridgehead atoms. The number of carboxylic acids is 3. The van der Waals surface area contributed by atoms with Crippen LogP contribution < -0.4 is 21.8 Å². The highest BCUT2D eigenvalue weighted by Gasteiger charge is 2.55. The Labute approximate surface area is 345 Å². The third-order valence-corrected chi connectivity index (χ3v) is 12.4. The van der Waals surface area contributed by atoms with Gasteiger partial charge in [0.25, 0.3) is 17.7 Å². The molecule has 3 aliphatic rings. The van der Waals surface area contributed by atoms with Crippen molar-refractivity contribution in [1.29, 1.82) is 0 Å². The van der Waals surface area contributed by atoms with Crippen LogP contribution in [-0.2, 0) is 35.4 Å². The van der Waals surface area contributed by atoms with Crippen molar-refractivity contribution in [2.24, 2.45) is 5.16 Å². The van der Waals surface area contributed by atoms with Gasteiger partial charge in [-0.15, -0.1) is 23.1 Å². The number of benzene rings is 1. The summed E-state index contributed by atoms with van der Waals surface area (Å²) >= 11 is 8.32. The largest absolute Gasteiger partial charge is 0.504 e. The third kappa shape index (κ3) is 8.46. The Morgan fingerprint density at radius 2 is 1.86 bits per heavy atom. The molecule has 22 nitrogen and oxygen atoms in total. The number of thioether (sulfide) groups is 1. The van der Waals surface area contributed by atoms with Crippen molar-refractivity contribution in [3.05, 3.63) is 49.4 Å². The molecule has 0 unspecified atom stereocenters. The van der Waals surface area contributed by atoms with Crippen molar-refractivity contribution in [3.8, 4) is 11.5 Å². The average molecular weight is 879 g/mol. The zero-order valence-corrected chi connectivity index (χ0v) is 33.3. The first-order valence-corrected chi connectivity index (χ1v) is 20.2. The van der Waals surface area contributed by atoms with Crippen molar-refractivity contribution in [1.82, 2.24) is 30.3 Å². The van der Waals surface area contributed by atoms with E-state index in [9.17, 15) is 54.0 Å². The Kier molecular flexibility index (Phi) is 12.3. The molecule has 0 spiro atoms. The highest BCUT2D eigenvalue weighted by atomic mass is 35.5. The van der Waals surface area contributed by atoms with Crippen LogP contribution in [0.4, 0.5) is 5.13 Å². The highest BCUT2D eigenvalue weighted by Crippen LogP contribution is 2.42. The lowest BCUT2D eigenvalue weighted by atomic mass is 10.0. The van der Waals surface area contributed by atoms with Crippen LogP contribution in [0.1, 0.15) is 42.4 Å². The summed E-state index contributed by atoms with van der Waals surface area (Å²) in [6, 6.07) is -0.113. The van der Waals surface area contributed by atoms with E-state index in [1.54, 1.807) is 6.92 Å². The zero-order chi connectivity index (χ0) is 42.9. The molecule has 5 heterocycles. The smallest absolute Gasteiger partial charge is 0.352 e. The fraction of sp³-hybridized carbons (Fsp3) is 0.412. The van der Waals surface area contributed by atoms with Gasteiger partial charge in [0, 0.05) is 42.2 Å². The Bertz CT molecular complexity index is 2400. The van der Waals surface area contributed by atoms with Crippen LogP contribution in [-0.4, -0.2) is 147 Å². The molecule has 6 rings (SSSR count). The summed E-state index contributed by atoms with van der Waals surface area (Å²) in [6.45, 7) is 3.75. The molecule has 25 heteroatoms. The van der Waals surface area contributed by atoms with Crippen molar-refractivity contribution in [2.75, 3.05) is 44.2 Å². The summed E-state index contributed by atoms with van der Waals surface area (Å²) in [5.41, 5.74) is 3.96. The quantitative estimate of drug-likeness (QED) is 0.0307. The number of aliphatic carboxylic acids is 3. The number of nitrogen functional groups attached to an aromatic ring is 1. The van der Waals surface area contributed by atoms with Gasteiger partial charge in [-0.2, -0.15) is 5.10 Å². The molecule has 59 heavy (non-hydrogen) atoms. The van der Waals surface area contributed by atoms with Gasteiger partial charge < -0.3 is 51.2 Å². The number of amides is 3. The van der Waals surface area contributed by atoms with Crippen LogP contribution in [0.5, 0.6) is 11.5 Å². The number of oxime groups is 1. The minimum atomic E-state index is -1.96. The molecule has 314 valence electrons. The van der Waals surface area contributed by atoms with Gasteiger partial charge in [0.1, 0.15) is 29.4 Å². The number of fused-ring (bicyclic) bond motifs is 2. The molecule has 2 saturated heterocycles. The number of quaternary nitrogens is 1. The maximum absolute atomic E-state index is 13.6. The Hall–Kier alpha value is -5.98. The Morgan fingerprint density at radius 1 is 1.15 bits per heavy atom. The topological polar surface area (TPSA) is 326 Å². The number of β-lactam (4-membered cyclic amide) rings is 1. The van der Waals surface area contributed by atoms with Crippen LogP contribution in [0.2, 0.25) is 5.02 Å². The SMILES string of the molecule is CCn1nc(C(=O)NCC[N+]2(CC3=C(C(=O)O)N4C(=O)[C@@H](NC(=O)/C(=N\O[C@@H](CC(=O)O)C(=O)O)c5csc(N)n5)[C@H]4SC3)CCCC2)c(=O)c2c(Cl)c(O)c(O)cc21. The van der Waals surface area contributed by atoms with Gasteiger partial charge in [-0.3, -0.25) is 33.6 Å². The number of likely N-dealkylation sites (tertiary alicyclic amines) is 1. The predicted molar refractivity (Wildman–Crippen MR) is 209 cm³/mol. The molecule has 3 atom stereocenters. The van der Waals surface area contributed by atoms with E-state index in [0.717, 1.165) is 35.1 Å². The standard InChI is InChI=1S/C34H36ClN9O13S2/c1-2-42-16-9-17(45)26(48)21(35)20(16)27(49)23(40-42)28(50)37-5-8-44(6-3-4-7-44)11-14-12-58-31-24(30(52)43(31)25(14)33(55)56)39-29(51)22(15-13-59-34(36)38-15)41-57-18(32(53)54)10-19(46)47/h9,13,18,24,31H,2-8,10-12H2,1H3,(H8-,36,37,38,39,40,41,45,46,47,48,49,50,51,53,54,55,56)/p+1/t18-,24+,31+/m0/s1. The Morgan fingerprint density at radius 3 is 2.47 bits per heavy atom. The number of carbonyl (C=O) groups excluding carboxylic acids is 3. The van der Waals surface area contributed by atoms with Gasteiger partial charge in [-0.1, -0.05) is 16.8 Å². The predicted octanol–water partition coefficient (Wildman–Crippen LogP) is -0.0525. The van der Waals surface area contributed by atoms with Gasteiger partial charge in [-0.05, 0) is 6.92 Å². The number of phenolic OH excluding ortho intramolecular Hbond substituents is 2.